The summed E-state index contributed by atoms with van der Waals surface area (Å²) in [7, 11) is 0. The number of nitrogens with zero attached hydrogens (tertiary/aromatic N) is 3. The first-order chi connectivity index (χ1) is 19.9. The molecule has 3 amide bonds. The van der Waals surface area contributed by atoms with E-state index < -0.39 is 29.6 Å². The van der Waals surface area contributed by atoms with Crippen LogP contribution in [0.2, 0.25) is 0 Å². The van der Waals surface area contributed by atoms with Crippen molar-refractivity contribution in [1.29, 1.82) is 0 Å². The van der Waals surface area contributed by atoms with E-state index in [1.165, 1.54) is 4.90 Å². The number of benzene rings is 1. The van der Waals surface area contributed by atoms with E-state index in [2.05, 4.69) is 13.2 Å². The molecule has 2 bridgehead atoms. The molecule has 4 fully saturated rings. The van der Waals surface area contributed by atoms with Crippen molar-refractivity contribution in [3.8, 4) is 5.75 Å². The second kappa shape index (κ2) is 12.4. The van der Waals surface area contributed by atoms with Crippen LogP contribution in [0.4, 0.5) is 5.69 Å². The molecular weight excluding hydrogens is 522 g/mol. The number of aliphatic hydroxyl groups is 1. The molecule has 3 saturated heterocycles. The van der Waals surface area contributed by atoms with Gasteiger partial charge in [-0.1, -0.05) is 31.4 Å². The van der Waals surface area contributed by atoms with Crippen molar-refractivity contribution < 1.29 is 29.0 Å². The summed E-state index contributed by atoms with van der Waals surface area (Å²) in [5.74, 6) is -1.48. The molecule has 1 spiro atoms. The van der Waals surface area contributed by atoms with E-state index in [9.17, 15) is 19.5 Å². The number of fused-ring (bicyclic) bond motifs is 1. The molecule has 41 heavy (non-hydrogen) atoms. The van der Waals surface area contributed by atoms with Crippen LogP contribution in [0.5, 0.6) is 5.75 Å². The van der Waals surface area contributed by atoms with Crippen molar-refractivity contribution in [3.05, 3.63) is 49.6 Å². The molecule has 9 nitrogen and oxygen atoms in total. The van der Waals surface area contributed by atoms with Crippen LogP contribution in [0.25, 0.3) is 0 Å². The lowest BCUT2D eigenvalue weighted by atomic mass is 9.70. The molecule has 5 atom stereocenters. The Morgan fingerprint density at radius 3 is 2.44 bits per heavy atom. The molecule has 222 valence electrons. The standard InChI is InChI=1S/C32H43N3O6/c1-4-18-33(23-12-14-24(15-13-23)40-6-3)29(37)26-25-16-17-32(41-25)27(26)30(38)35(20-21-36)28(32)31(39)34(19-5-2)22-10-8-7-9-11-22/h4-5,12-15,22,25-28,36H,1-2,6-11,16-21H2,3H3/t25-,26+,27-,28?,32?/m0/s1. The van der Waals surface area contributed by atoms with Crippen molar-refractivity contribution in [3.63, 3.8) is 0 Å². The Labute approximate surface area is 242 Å². The van der Waals surface area contributed by atoms with Crippen LogP contribution >= 0.6 is 0 Å². The van der Waals surface area contributed by atoms with Crippen molar-refractivity contribution in [2.24, 2.45) is 11.8 Å². The van der Waals surface area contributed by atoms with Gasteiger partial charge in [0.05, 0.1) is 31.2 Å². The van der Waals surface area contributed by atoms with Crippen LogP contribution < -0.4 is 9.64 Å². The minimum absolute atomic E-state index is 0.0181. The summed E-state index contributed by atoms with van der Waals surface area (Å²) < 4.78 is 12.2. The van der Waals surface area contributed by atoms with E-state index in [-0.39, 0.29) is 43.5 Å². The van der Waals surface area contributed by atoms with Gasteiger partial charge in [-0.05, 0) is 56.9 Å². The lowest BCUT2D eigenvalue weighted by Crippen LogP contribution is -2.58. The molecule has 1 N–H and O–H groups in total. The quantitative estimate of drug-likeness (QED) is 0.391. The predicted octanol–water partition coefficient (Wildman–Crippen LogP) is 3.32. The Morgan fingerprint density at radius 2 is 1.80 bits per heavy atom. The molecule has 0 radical (unpaired) electrons. The minimum Gasteiger partial charge on any atom is -0.494 e. The van der Waals surface area contributed by atoms with Gasteiger partial charge < -0.3 is 29.3 Å². The minimum atomic E-state index is -1.10. The van der Waals surface area contributed by atoms with E-state index >= 15 is 0 Å². The molecule has 0 aromatic heterocycles. The lowest BCUT2D eigenvalue weighted by molar-refractivity contribution is -0.150. The summed E-state index contributed by atoms with van der Waals surface area (Å²) in [6.45, 7) is 10.6. The topological polar surface area (TPSA) is 99.6 Å². The molecule has 4 aliphatic rings. The van der Waals surface area contributed by atoms with Crippen LogP contribution in [0, 0.1) is 11.8 Å². The van der Waals surface area contributed by atoms with Crippen molar-refractivity contribution >= 4 is 23.4 Å². The number of β-amino-alcohol motifs (C(OH)–C–C–N with tert-alkyl or cyclic N) is 1. The fourth-order valence-corrected chi connectivity index (χ4v) is 7.69. The summed E-state index contributed by atoms with van der Waals surface area (Å²) >= 11 is 0. The van der Waals surface area contributed by atoms with Crippen molar-refractivity contribution in [2.75, 3.05) is 37.7 Å². The summed E-state index contributed by atoms with van der Waals surface area (Å²) in [6, 6.07) is 6.49. The molecule has 1 aliphatic carbocycles. The number of ether oxygens (including phenoxy) is 2. The van der Waals surface area contributed by atoms with Gasteiger partial charge in [0.25, 0.3) is 0 Å². The largest absolute Gasteiger partial charge is 0.494 e. The molecule has 3 aliphatic heterocycles. The van der Waals surface area contributed by atoms with Crippen LogP contribution in [-0.2, 0) is 19.1 Å². The molecule has 5 rings (SSSR count). The average Bonchev–Trinajstić information content (AvgIpc) is 3.63. The zero-order chi connectivity index (χ0) is 29.1. The van der Waals surface area contributed by atoms with E-state index in [1.54, 1.807) is 17.1 Å². The molecule has 1 aromatic carbocycles. The fraction of sp³-hybridized carbons (Fsp3) is 0.594. The summed E-state index contributed by atoms with van der Waals surface area (Å²) in [5, 5.41) is 9.94. The first-order valence-corrected chi connectivity index (χ1v) is 15.1. The Morgan fingerprint density at radius 1 is 1.10 bits per heavy atom. The molecule has 3 heterocycles. The number of hydrogen-bond acceptors (Lipinski definition) is 6. The zero-order valence-corrected chi connectivity index (χ0v) is 24.1. The highest BCUT2D eigenvalue weighted by Crippen LogP contribution is 2.59. The van der Waals surface area contributed by atoms with Gasteiger partial charge in [0.2, 0.25) is 17.7 Å². The second-order valence-electron chi connectivity index (χ2n) is 11.5. The van der Waals surface area contributed by atoms with Gasteiger partial charge in [0, 0.05) is 31.4 Å². The SMILES string of the molecule is C=CCN(C(=O)[C@@H]1[C@@H]2CCC3(O2)C(C(=O)N(CC=C)C2CCCCC2)N(CCO)C(=O)[C@H]13)c1ccc(OCC)cc1. The van der Waals surface area contributed by atoms with E-state index in [0.29, 0.717) is 37.4 Å². The number of hydrogen-bond donors (Lipinski definition) is 1. The first kappa shape index (κ1) is 29.3. The van der Waals surface area contributed by atoms with Gasteiger partial charge in [-0.2, -0.15) is 0 Å². The molecule has 9 heteroatoms. The zero-order valence-electron chi connectivity index (χ0n) is 24.1. The third kappa shape index (κ3) is 5.07. The summed E-state index contributed by atoms with van der Waals surface area (Å²) in [5.41, 5.74) is -0.420. The van der Waals surface area contributed by atoms with E-state index in [4.69, 9.17) is 9.47 Å². The molecule has 2 unspecified atom stereocenters. The summed E-state index contributed by atoms with van der Waals surface area (Å²) in [4.78, 5) is 47.8. The fourth-order valence-electron chi connectivity index (χ4n) is 7.69. The highest BCUT2D eigenvalue weighted by molar-refractivity contribution is 6.03. The van der Waals surface area contributed by atoms with Crippen LogP contribution in [0.1, 0.15) is 51.9 Å². The van der Waals surface area contributed by atoms with Gasteiger partial charge in [-0.3, -0.25) is 14.4 Å². The third-order valence-corrected chi connectivity index (χ3v) is 9.32. The Balaban J connectivity index is 1.48. The third-order valence-electron chi connectivity index (χ3n) is 9.32. The predicted molar refractivity (Wildman–Crippen MR) is 155 cm³/mol. The van der Waals surface area contributed by atoms with Gasteiger partial charge in [-0.25, -0.2) is 0 Å². The highest BCUT2D eigenvalue weighted by Gasteiger charge is 2.75. The Bertz CT molecular complexity index is 1150. The Hall–Kier alpha value is -3.17. The monoisotopic (exact) mass is 565 g/mol. The lowest BCUT2D eigenvalue weighted by Gasteiger charge is -2.40. The maximum absolute atomic E-state index is 14.4. The smallest absolute Gasteiger partial charge is 0.248 e. The second-order valence-corrected chi connectivity index (χ2v) is 11.5. The van der Waals surface area contributed by atoms with Gasteiger partial charge in [0.1, 0.15) is 17.4 Å². The van der Waals surface area contributed by atoms with Crippen LogP contribution in [0.3, 0.4) is 0 Å². The maximum Gasteiger partial charge on any atom is 0.248 e. The first-order valence-electron chi connectivity index (χ1n) is 15.1. The highest BCUT2D eigenvalue weighted by atomic mass is 16.5. The van der Waals surface area contributed by atoms with Crippen molar-refractivity contribution in [1.82, 2.24) is 9.80 Å². The number of likely N-dealkylation sites (tertiary alicyclic amines) is 1. The number of aliphatic hydroxyl groups excluding tert-OH is 1. The number of amides is 3. The number of rotatable bonds is 12. The average molecular weight is 566 g/mol. The van der Waals surface area contributed by atoms with Crippen molar-refractivity contribution in [2.45, 2.75) is 75.7 Å². The normalized spacial score (nSPS) is 28.8. The van der Waals surface area contributed by atoms with Crippen LogP contribution in [0.15, 0.2) is 49.6 Å². The maximum atomic E-state index is 14.4. The molecule has 1 saturated carbocycles. The molecule has 1 aromatic rings. The van der Waals surface area contributed by atoms with E-state index in [0.717, 1.165) is 32.1 Å². The molecular formula is C32H43N3O6. The van der Waals surface area contributed by atoms with Gasteiger partial charge in [-0.15, -0.1) is 13.2 Å². The van der Waals surface area contributed by atoms with Gasteiger partial charge in [0.15, 0.2) is 0 Å². The number of carbonyl (C=O) groups is 3. The van der Waals surface area contributed by atoms with E-state index in [1.807, 2.05) is 36.1 Å². The van der Waals surface area contributed by atoms with Gasteiger partial charge >= 0.3 is 0 Å². The van der Waals surface area contributed by atoms with Crippen LogP contribution in [-0.4, -0.2) is 89.3 Å². The number of anilines is 1. The summed E-state index contributed by atoms with van der Waals surface area (Å²) in [6.07, 6.45) is 9.16. The number of carbonyl (C=O) groups excluding carboxylic acids is 3. The Kier molecular flexibility index (Phi) is 8.85.